The number of hydrogen-bond donors (Lipinski definition) is 1. The predicted octanol–water partition coefficient (Wildman–Crippen LogP) is 2.89. The number of rotatable bonds is 2. The van der Waals surface area contributed by atoms with Crippen molar-refractivity contribution in [2.24, 2.45) is 5.73 Å². The van der Waals surface area contributed by atoms with Gasteiger partial charge >= 0.3 is 0 Å². The average molecular weight is 261 g/mol. The molecule has 3 rings (SSSR count). The maximum atomic E-state index is 13.9. The molecule has 1 aliphatic heterocycles. The highest BCUT2D eigenvalue weighted by Crippen LogP contribution is 2.39. The maximum absolute atomic E-state index is 13.9. The summed E-state index contributed by atoms with van der Waals surface area (Å²) in [6.07, 6.45) is 0.655. The van der Waals surface area contributed by atoms with Crippen molar-refractivity contribution >= 4 is 0 Å². The van der Waals surface area contributed by atoms with Crippen molar-refractivity contribution in [1.82, 2.24) is 0 Å². The number of nitrogens with two attached hydrogens (primary N) is 1. The van der Waals surface area contributed by atoms with E-state index in [0.717, 1.165) is 18.1 Å². The molecule has 2 aromatic carbocycles. The minimum atomic E-state index is -0.590. The molecular formula is C15H13F2NO. The minimum absolute atomic E-state index is 0.0698. The van der Waals surface area contributed by atoms with Gasteiger partial charge in [-0.2, -0.15) is 0 Å². The van der Waals surface area contributed by atoms with E-state index in [0.29, 0.717) is 23.4 Å². The molecule has 2 nitrogen and oxygen atoms in total. The zero-order valence-corrected chi connectivity index (χ0v) is 10.2. The molecule has 19 heavy (non-hydrogen) atoms. The molecule has 0 saturated heterocycles. The van der Waals surface area contributed by atoms with Gasteiger partial charge in [0.1, 0.15) is 23.5 Å². The third-order valence-electron chi connectivity index (χ3n) is 3.31. The Morgan fingerprint density at radius 2 is 2.00 bits per heavy atom. The largest absolute Gasteiger partial charge is 0.488 e. The van der Waals surface area contributed by atoms with Gasteiger partial charge in [-0.15, -0.1) is 0 Å². The Morgan fingerprint density at radius 1 is 1.16 bits per heavy atom. The van der Waals surface area contributed by atoms with Gasteiger partial charge in [-0.3, -0.25) is 0 Å². The smallest absolute Gasteiger partial charge is 0.134 e. The zero-order valence-electron chi connectivity index (χ0n) is 10.2. The monoisotopic (exact) mass is 261 g/mol. The van der Waals surface area contributed by atoms with Crippen molar-refractivity contribution in [3.05, 3.63) is 53.6 Å². The summed E-state index contributed by atoms with van der Waals surface area (Å²) in [4.78, 5) is 0. The molecule has 0 saturated carbocycles. The van der Waals surface area contributed by atoms with Gasteiger partial charge in [-0.1, -0.05) is 18.2 Å². The van der Waals surface area contributed by atoms with Crippen LogP contribution < -0.4 is 10.5 Å². The standard InChI is InChI=1S/C15H13F2NO/c16-10-4-5-12(14(17)7-10)13-3-1-2-9-6-11(8-18)19-15(9)13/h1-5,7,11H,6,8,18H2/t11-/m0/s1. The molecule has 0 aliphatic carbocycles. The normalized spacial score (nSPS) is 17.1. The number of ether oxygens (including phenoxy) is 1. The molecule has 0 amide bonds. The second-order valence-electron chi connectivity index (χ2n) is 4.60. The molecule has 2 aromatic rings. The zero-order chi connectivity index (χ0) is 13.4. The summed E-state index contributed by atoms with van der Waals surface area (Å²) in [5.74, 6) is -0.522. The van der Waals surface area contributed by atoms with Crippen molar-refractivity contribution in [2.75, 3.05) is 6.54 Å². The van der Waals surface area contributed by atoms with Crippen LogP contribution in [0.2, 0.25) is 0 Å². The van der Waals surface area contributed by atoms with Crippen molar-refractivity contribution in [2.45, 2.75) is 12.5 Å². The quantitative estimate of drug-likeness (QED) is 0.902. The predicted molar refractivity (Wildman–Crippen MR) is 69.0 cm³/mol. The molecule has 0 aromatic heterocycles. The van der Waals surface area contributed by atoms with Crippen molar-refractivity contribution in [3.63, 3.8) is 0 Å². The molecule has 98 valence electrons. The van der Waals surface area contributed by atoms with Crippen LogP contribution in [0, 0.1) is 11.6 Å². The van der Waals surface area contributed by atoms with E-state index in [1.54, 1.807) is 6.07 Å². The van der Waals surface area contributed by atoms with E-state index in [-0.39, 0.29) is 6.10 Å². The SMILES string of the molecule is NC[C@@H]1Cc2cccc(-c3ccc(F)cc3F)c2O1. The Bertz CT molecular complexity index is 628. The van der Waals surface area contributed by atoms with E-state index in [1.165, 1.54) is 12.1 Å². The lowest BCUT2D eigenvalue weighted by atomic mass is 10.00. The Kier molecular flexibility index (Phi) is 2.95. The average Bonchev–Trinajstić information content (AvgIpc) is 2.82. The van der Waals surface area contributed by atoms with Gasteiger partial charge in [0.25, 0.3) is 0 Å². The molecule has 0 bridgehead atoms. The summed E-state index contributed by atoms with van der Waals surface area (Å²) < 4.78 is 32.6. The molecule has 0 unspecified atom stereocenters. The lowest BCUT2D eigenvalue weighted by molar-refractivity contribution is 0.242. The molecule has 0 spiro atoms. The summed E-state index contributed by atoms with van der Waals surface area (Å²) in [7, 11) is 0. The fraction of sp³-hybridized carbons (Fsp3) is 0.200. The van der Waals surface area contributed by atoms with Crippen LogP contribution in [-0.2, 0) is 6.42 Å². The van der Waals surface area contributed by atoms with Gasteiger partial charge in [0.2, 0.25) is 0 Å². The van der Waals surface area contributed by atoms with Crippen LogP contribution in [0.3, 0.4) is 0 Å². The highest BCUT2D eigenvalue weighted by atomic mass is 19.1. The summed E-state index contributed by atoms with van der Waals surface area (Å²) in [6, 6.07) is 9.11. The first-order valence-electron chi connectivity index (χ1n) is 6.13. The lowest BCUT2D eigenvalue weighted by Crippen LogP contribution is -2.24. The van der Waals surface area contributed by atoms with Gasteiger partial charge in [0.05, 0.1) is 0 Å². The summed E-state index contributed by atoms with van der Waals surface area (Å²) >= 11 is 0. The van der Waals surface area contributed by atoms with Crippen LogP contribution in [0.1, 0.15) is 5.56 Å². The van der Waals surface area contributed by atoms with Gasteiger partial charge in [0, 0.05) is 30.2 Å². The Morgan fingerprint density at radius 3 is 2.74 bits per heavy atom. The van der Waals surface area contributed by atoms with Crippen LogP contribution in [0.15, 0.2) is 36.4 Å². The number of fused-ring (bicyclic) bond motifs is 1. The van der Waals surface area contributed by atoms with Gasteiger partial charge in [-0.25, -0.2) is 8.78 Å². The molecule has 1 atom stereocenters. The number of hydrogen-bond acceptors (Lipinski definition) is 2. The molecule has 0 radical (unpaired) electrons. The second-order valence-corrected chi connectivity index (χ2v) is 4.60. The van der Waals surface area contributed by atoms with E-state index in [1.807, 2.05) is 12.1 Å². The van der Waals surface area contributed by atoms with Crippen LogP contribution in [0.4, 0.5) is 8.78 Å². The fourth-order valence-corrected chi connectivity index (χ4v) is 2.39. The van der Waals surface area contributed by atoms with Gasteiger partial charge in [-0.05, 0) is 17.7 Å². The van der Waals surface area contributed by atoms with Crippen molar-refractivity contribution in [3.8, 4) is 16.9 Å². The first-order chi connectivity index (χ1) is 9.19. The molecule has 0 fully saturated rings. The Balaban J connectivity index is 2.10. The van der Waals surface area contributed by atoms with E-state index < -0.39 is 11.6 Å². The number of para-hydroxylation sites is 1. The third kappa shape index (κ3) is 2.08. The van der Waals surface area contributed by atoms with Crippen molar-refractivity contribution < 1.29 is 13.5 Å². The molecule has 4 heteroatoms. The molecular weight excluding hydrogens is 248 g/mol. The maximum Gasteiger partial charge on any atom is 0.134 e. The summed E-state index contributed by atoms with van der Waals surface area (Å²) in [5.41, 5.74) is 7.60. The highest BCUT2D eigenvalue weighted by molar-refractivity contribution is 5.73. The Labute approximate surface area is 109 Å². The summed E-state index contributed by atoms with van der Waals surface area (Å²) in [6.45, 7) is 0.417. The fourth-order valence-electron chi connectivity index (χ4n) is 2.39. The topological polar surface area (TPSA) is 35.2 Å². The van der Waals surface area contributed by atoms with E-state index >= 15 is 0 Å². The third-order valence-corrected chi connectivity index (χ3v) is 3.31. The highest BCUT2D eigenvalue weighted by Gasteiger charge is 2.25. The van der Waals surface area contributed by atoms with Crippen LogP contribution in [0.5, 0.6) is 5.75 Å². The summed E-state index contributed by atoms with van der Waals surface area (Å²) in [5, 5.41) is 0. The number of benzene rings is 2. The van der Waals surface area contributed by atoms with E-state index in [2.05, 4.69) is 0 Å². The number of halogens is 2. The van der Waals surface area contributed by atoms with Gasteiger partial charge < -0.3 is 10.5 Å². The van der Waals surface area contributed by atoms with Crippen molar-refractivity contribution in [1.29, 1.82) is 0 Å². The minimum Gasteiger partial charge on any atom is -0.488 e. The van der Waals surface area contributed by atoms with Crippen LogP contribution >= 0.6 is 0 Å². The molecule has 1 heterocycles. The van der Waals surface area contributed by atoms with Crippen LogP contribution in [0.25, 0.3) is 11.1 Å². The van der Waals surface area contributed by atoms with Crippen LogP contribution in [-0.4, -0.2) is 12.6 Å². The van der Waals surface area contributed by atoms with E-state index in [9.17, 15) is 8.78 Å². The lowest BCUT2D eigenvalue weighted by Gasteiger charge is -2.11. The first-order valence-corrected chi connectivity index (χ1v) is 6.13. The van der Waals surface area contributed by atoms with Gasteiger partial charge in [0.15, 0.2) is 0 Å². The Hall–Kier alpha value is -1.94. The van der Waals surface area contributed by atoms with E-state index in [4.69, 9.17) is 10.5 Å². The second kappa shape index (κ2) is 4.63. The first kappa shape index (κ1) is 12.1. The molecule has 2 N–H and O–H groups in total. The molecule has 1 aliphatic rings.